The van der Waals surface area contributed by atoms with E-state index in [-0.39, 0.29) is 17.8 Å². The van der Waals surface area contributed by atoms with Crippen LogP contribution in [-0.2, 0) is 17.9 Å². The molecule has 1 aliphatic rings. The van der Waals surface area contributed by atoms with Crippen molar-refractivity contribution in [2.45, 2.75) is 31.7 Å². The molecule has 1 fully saturated rings. The molecular weight excluding hydrogens is 273 g/mol. The first-order chi connectivity index (χ1) is 9.95. The number of hydrogen-bond acceptors (Lipinski definition) is 4. The van der Waals surface area contributed by atoms with Crippen LogP contribution >= 0.6 is 0 Å². The van der Waals surface area contributed by atoms with E-state index >= 15 is 0 Å². The Morgan fingerprint density at radius 3 is 2.90 bits per heavy atom. The molecule has 116 valence electrons. The minimum Gasteiger partial charge on any atom is -0.392 e. The molecule has 21 heavy (non-hydrogen) atoms. The standard InChI is InChI=1S/C15H22FN3O2/c1-19(2)9-11-5-10(3-4-13(11)16)7-18-15(21)14-6-12(20)8-17-14/h3-5,12,14,17,20H,6-9H2,1-2H3,(H,18,21). The number of carbonyl (C=O) groups excluding carboxylic acids is 1. The van der Waals surface area contributed by atoms with E-state index < -0.39 is 6.10 Å². The van der Waals surface area contributed by atoms with Crippen LogP contribution in [0.15, 0.2) is 18.2 Å². The topological polar surface area (TPSA) is 64.6 Å². The van der Waals surface area contributed by atoms with Gasteiger partial charge in [-0.05, 0) is 38.2 Å². The summed E-state index contributed by atoms with van der Waals surface area (Å²) in [5.41, 5.74) is 1.47. The zero-order valence-electron chi connectivity index (χ0n) is 12.4. The second-order valence-electron chi connectivity index (χ2n) is 5.73. The van der Waals surface area contributed by atoms with Crippen molar-refractivity contribution in [2.75, 3.05) is 20.6 Å². The van der Waals surface area contributed by atoms with Gasteiger partial charge >= 0.3 is 0 Å². The Kier molecular flexibility index (Phi) is 5.27. The highest BCUT2D eigenvalue weighted by Crippen LogP contribution is 2.13. The highest BCUT2D eigenvalue weighted by Gasteiger charge is 2.27. The van der Waals surface area contributed by atoms with E-state index in [1.54, 1.807) is 12.1 Å². The number of halogens is 1. The number of aliphatic hydroxyl groups is 1. The van der Waals surface area contributed by atoms with Gasteiger partial charge in [-0.2, -0.15) is 0 Å². The van der Waals surface area contributed by atoms with Gasteiger partial charge in [0.1, 0.15) is 5.82 Å². The molecule has 1 aromatic carbocycles. The fourth-order valence-corrected chi connectivity index (χ4v) is 2.43. The second-order valence-corrected chi connectivity index (χ2v) is 5.73. The Labute approximate surface area is 124 Å². The van der Waals surface area contributed by atoms with Crippen LogP contribution in [0.2, 0.25) is 0 Å². The maximum absolute atomic E-state index is 13.7. The largest absolute Gasteiger partial charge is 0.392 e. The van der Waals surface area contributed by atoms with E-state index in [0.29, 0.717) is 31.6 Å². The Balaban J connectivity index is 1.92. The lowest BCUT2D eigenvalue weighted by atomic mass is 10.1. The maximum atomic E-state index is 13.7. The number of carbonyl (C=O) groups is 1. The van der Waals surface area contributed by atoms with E-state index in [4.69, 9.17) is 0 Å². The molecule has 1 aliphatic heterocycles. The quantitative estimate of drug-likeness (QED) is 0.727. The van der Waals surface area contributed by atoms with Crippen LogP contribution in [-0.4, -0.2) is 48.7 Å². The van der Waals surface area contributed by atoms with Gasteiger partial charge in [0.15, 0.2) is 0 Å². The predicted octanol–water partition coefficient (Wildman–Crippen LogP) is 0.226. The number of nitrogens with zero attached hydrogens (tertiary/aromatic N) is 1. The molecule has 1 amide bonds. The average molecular weight is 295 g/mol. The third-order valence-corrected chi connectivity index (χ3v) is 3.49. The molecule has 2 atom stereocenters. The van der Waals surface area contributed by atoms with Crippen molar-refractivity contribution in [3.63, 3.8) is 0 Å². The fourth-order valence-electron chi connectivity index (χ4n) is 2.43. The molecule has 1 heterocycles. The average Bonchev–Trinajstić information content (AvgIpc) is 2.85. The summed E-state index contributed by atoms with van der Waals surface area (Å²) in [5, 5.41) is 15.2. The predicted molar refractivity (Wildman–Crippen MR) is 78.1 cm³/mol. The number of amides is 1. The summed E-state index contributed by atoms with van der Waals surface area (Å²) in [6.07, 6.45) is -0.0283. The Bertz CT molecular complexity index is 508. The van der Waals surface area contributed by atoms with Crippen LogP contribution in [0.1, 0.15) is 17.5 Å². The number of benzene rings is 1. The third-order valence-electron chi connectivity index (χ3n) is 3.49. The minimum absolute atomic E-state index is 0.134. The lowest BCUT2D eigenvalue weighted by molar-refractivity contribution is -0.123. The van der Waals surface area contributed by atoms with Gasteiger partial charge in [0, 0.05) is 25.2 Å². The first kappa shape index (κ1) is 15.9. The molecule has 1 saturated heterocycles. The van der Waals surface area contributed by atoms with Crippen molar-refractivity contribution in [3.8, 4) is 0 Å². The van der Waals surface area contributed by atoms with Crippen LogP contribution in [0.5, 0.6) is 0 Å². The van der Waals surface area contributed by atoms with Gasteiger partial charge in [-0.15, -0.1) is 0 Å². The summed E-state index contributed by atoms with van der Waals surface area (Å²) in [6, 6.07) is 4.53. The Morgan fingerprint density at radius 1 is 1.52 bits per heavy atom. The molecule has 0 spiro atoms. The highest BCUT2D eigenvalue weighted by atomic mass is 19.1. The van der Waals surface area contributed by atoms with Gasteiger partial charge in [-0.25, -0.2) is 4.39 Å². The lowest BCUT2D eigenvalue weighted by Gasteiger charge is -2.14. The van der Waals surface area contributed by atoms with E-state index in [0.717, 1.165) is 5.56 Å². The van der Waals surface area contributed by atoms with Crippen molar-refractivity contribution >= 4 is 5.91 Å². The Hall–Kier alpha value is -1.50. The number of rotatable bonds is 5. The van der Waals surface area contributed by atoms with Crippen molar-refractivity contribution in [1.29, 1.82) is 0 Å². The molecule has 1 aromatic rings. The summed E-state index contributed by atoms with van der Waals surface area (Å²) < 4.78 is 13.7. The van der Waals surface area contributed by atoms with Crippen LogP contribution in [0.4, 0.5) is 4.39 Å². The molecule has 2 rings (SSSR count). The van der Waals surface area contributed by atoms with Crippen molar-refractivity contribution in [1.82, 2.24) is 15.5 Å². The fraction of sp³-hybridized carbons (Fsp3) is 0.533. The summed E-state index contributed by atoms with van der Waals surface area (Å²) >= 11 is 0. The van der Waals surface area contributed by atoms with Crippen molar-refractivity contribution in [2.24, 2.45) is 0 Å². The minimum atomic E-state index is -0.460. The van der Waals surface area contributed by atoms with Gasteiger partial charge in [-0.3, -0.25) is 4.79 Å². The molecule has 0 aromatic heterocycles. The zero-order valence-corrected chi connectivity index (χ0v) is 12.4. The van der Waals surface area contributed by atoms with Crippen LogP contribution < -0.4 is 10.6 Å². The van der Waals surface area contributed by atoms with E-state index in [1.165, 1.54) is 6.07 Å². The smallest absolute Gasteiger partial charge is 0.237 e. The number of aliphatic hydroxyl groups excluding tert-OH is 1. The molecular formula is C15H22FN3O2. The number of nitrogens with one attached hydrogen (secondary N) is 2. The zero-order chi connectivity index (χ0) is 15.4. The second kappa shape index (κ2) is 6.98. The molecule has 2 unspecified atom stereocenters. The monoisotopic (exact) mass is 295 g/mol. The van der Waals surface area contributed by atoms with Gasteiger partial charge < -0.3 is 20.6 Å². The number of β-amino-alcohol motifs (C(OH)–C–C–N with tert-alkyl or cyclic N) is 1. The van der Waals surface area contributed by atoms with Gasteiger partial charge in [-0.1, -0.05) is 6.07 Å². The van der Waals surface area contributed by atoms with Crippen LogP contribution in [0.25, 0.3) is 0 Å². The SMILES string of the molecule is CN(C)Cc1cc(CNC(=O)C2CC(O)CN2)ccc1F. The van der Waals surface area contributed by atoms with Crippen molar-refractivity contribution < 1.29 is 14.3 Å². The highest BCUT2D eigenvalue weighted by molar-refractivity contribution is 5.82. The maximum Gasteiger partial charge on any atom is 0.237 e. The van der Waals surface area contributed by atoms with Gasteiger partial charge in [0.05, 0.1) is 12.1 Å². The van der Waals surface area contributed by atoms with E-state index in [2.05, 4.69) is 10.6 Å². The van der Waals surface area contributed by atoms with Gasteiger partial charge in [0.25, 0.3) is 0 Å². The summed E-state index contributed by atoms with van der Waals surface area (Å²) in [4.78, 5) is 13.8. The van der Waals surface area contributed by atoms with Crippen LogP contribution in [0.3, 0.4) is 0 Å². The van der Waals surface area contributed by atoms with Gasteiger partial charge in [0.2, 0.25) is 5.91 Å². The van der Waals surface area contributed by atoms with Crippen molar-refractivity contribution in [3.05, 3.63) is 35.1 Å². The number of hydrogen-bond donors (Lipinski definition) is 3. The molecule has 3 N–H and O–H groups in total. The molecule has 0 radical (unpaired) electrons. The Morgan fingerprint density at radius 2 is 2.29 bits per heavy atom. The van der Waals surface area contributed by atoms with E-state index in [1.807, 2.05) is 19.0 Å². The molecule has 0 bridgehead atoms. The first-order valence-electron chi connectivity index (χ1n) is 7.07. The molecule has 0 aliphatic carbocycles. The first-order valence-corrected chi connectivity index (χ1v) is 7.07. The molecule has 0 saturated carbocycles. The molecule has 5 nitrogen and oxygen atoms in total. The summed E-state index contributed by atoms with van der Waals surface area (Å²) in [7, 11) is 3.76. The normalized spacial score (nSPS) is 21.8. The summed E-state index contributed by atoms with van der Waals surface area (Å²) in [5.74, 6) is -0.371. The summed E-state index contributed by atoms with van der Waals surface area (Å²) in [6.45, 7) is 1.32. The third kappa shape index (κ3) is 4.49. The lowest BCUT2D eigenvalue weighted by Crippen LogP contribution is -2.40. The molecule has 6 heteroatoms. The van der Waals surface area contributed by atoms with Crippen LogP contribution in [0, 0.1) is 5.82 Å². The van der Waals surface area contributed by atoms with E-state index in [9.17, 15) is 14.3 Å².